The summed E-state index contributed by atoms with van der Waals surface area (Å²) >= 11 is 6.78. The van der Waals surface area contributed by atoms with Crippen molar-refractivity contribution >= 4 is 33.3 Å². The second kappa shape index (κ2) is 11.2. The van der Waals surface area contributed by atoms with E-state index in [0.29, 0.717) is 48.5 Å². The lowest BCUT2D eigenvalue weighted by atomic mass is 9.92. The number of rotatable bonds is 12. The largest absolute Gasteiger partial charge is 0.439 e. The first-order valence-electron chi connectivity index (χ1n) is 12.6. The lowest BCUT2D eigenvalue weighted by Gasteiger charge is -2.27. The van der Waals surface area contributed by atoms with E-state index in [-0.39, 0.29) is 16.7 Å². The molecule has 0 aliphatic heterocycles. The van der Waals surface area contributed by atoms with Gasteiger partial charge in [-0.15, -0.1) is 0 Å². The summed E-state index contributed by atoms with van der Waals surface area (Å²) in [5.41, 5.74) is 7.34. The van der Waals surface area contributed by atoms with Gasteiger partial charge in [0.15, 0.2) is 5.82 Å². The summed E-state index contributed by atoms with van der Waals surface area (Å²) in [6.45, 7) is 5.96. The van der Waals surface area contributed by atoms with E-state index in [4.69, 9.17) is 26.5 Å². The first-order valence-corrected chi connectivity index (χ1v) is 14.8. The molecule has 2 heterocycles. The van der Waals surface area contributed by atoms with Gasteiger partial charge in [-0.1, -0.05) is 48.9 Å². The molecule has 0 spiro atoms. The molecule has 3 atom stereocenters. The number of oxazole rings is 1. The quantitative estimate of drug-likeness (QED) is 0.348. The van der Waals surface area contributed by atoms with Crippen molar-refractivity contribution in [2.24, 2.45) is 17.6 Å². The topological polar surface area (TPSA) is 115 Å². The van der Waals surface area contributed by atoms with Gasteiger partial charge in [0, 0.05) is 27.2 Å². The standard InChI is InChI=1S/C27H36ClN5O4S/c1-18-13-20(18)17-33(11-12-36-4)23-14-21(24(28)25(31-23)32(3)38(5,34)35)26-30-16-22(37-26)27(2,29)15-19-9-7-6-8-10-19/h6-10,14,16,18,20H,11-13,15,17,29H2,1-5H3/t18?,20?,27-/m0/s1. The Morgan fingerprint density at radius 1 is 1.29 bits per heavy atom. The molecule has 38 heavy (non-hydrogen) atoms. The zero-order valence-corrected chi connectivity index (χ0v) is 24.1. The van der Waals surface area contributed by atoms with Crippen LogP contribution in [0.3, 0.4) is 0 Å². The number of methoxy groups -OCH3 is 1. The lowest BCUT2D eigenvalue weighted by Crippen LogP contribution is -2.35. The molecule has 4 rings (SSSR count). The van der Waals surface area contributed by atoms with E-state index in [9.17, 15) is 8.42 Å². The summed E-state index contributed by atoms with van der Waals surface area (Å²) in [5, 5.41) is 0.128. The lowest BCUT2D eigenvalue weighted by molar-refractivity contribution is 0.204. The van der Waals surface area contributed by atoms with Gasteiger partial charge in [-0.05, 0) is 43.2 Å². The Balaban J connectivity index is 1.76. The Bertz CT molecular complexity index is 1360. The van der Waals surface area contributed by atoms with Gasteiger partial charge >= 0.3 is 0 Å². The Morgan fingerprint density at radius 2 is 1.97 bits per heavy atom. The van der Waals surface area contributed by atoms with Crippen LogP contribution < -0.4 is 14.9 Å². The first-order chi connectivity index (χ1) is 17.9. The van der Waals surface area contributed by atoms with E-state index in [0.717, 1.165) is 29.1 Å². The molecular weight excluding hydrogens is 526 g/mol. The van der Waals surface area contributed by atoms with Crippen molar-refractivity contribution in [3.63, 3.8) is 0 Å². The third-order valence-corrected chi connectivity index (χ3v) is 8.60. The van der Waals surface area contributed by atoms with Gasteiger partial charge in [0.1, 0.15) is 11.6 Å². The highest BCUT2D eigenvalue weighted by Gasteiger charge is 2.35. The molecule has 0 saturated heterocycles. The number of hydrogen-bond acceptors (Lipinski definition) is 8. The predicted molar refractivity (Wildman–Crippen MR) is 151 cm³/mol. The number of benzene rings is 1. The highest BCUT2D eigenvalue weighted by Crippen LogP contribution is 2.41. The maximum absolute atomic E-state index is 12.5. The molecule has 1 fully saturated rings. The third kappa shape index (κ3) is 6.48. The molecule has 0 radical (unpaired) electrons. The minimum atomic E-state index is -3.64. The van der Waals surface area contributed by atoms with Crippen molar-refractivity contribution in [2.45, 2.75) is 32.2 Å². The normalized spacial score (nSPS) is 18.7. The molecule has 3 aromatic rings. The molecule has 1 aliphatic carbocycles. The molecule has 11 heteroatoms. The van der Waals surface area contributed by atoms with Crippen molar-refractivity contribution in [3.8, 4) is 11.5 Å². The van der Waals surface area contributed by atoms with Crippen LogP contribution in [0.25, 0.3) is 11.5 Å². The van der Waals surface area contributed by atoms with E-state index < -0.39 is 15.6 Å². The van der Waals surface area contributed by atoms with Crippen LogP contribution in [0.15, 0.2) is 47.0 Å². The number of aromatic nitrogens is 2. The first kappa shape index (κ1) is 28.4. The molecule has 1 aromatic carbocycles. The second-order valence-electron chi connectivity index (χ2n) is 10.4. The van der Waals surface area contributed by atoms with Crippen molar-refractivity contribution in [1.29, 1.82) is 0 Å². The molecule has 0 amide bonds. The highest BCUT2D eigenvalue weighted by molar-refractivity contribution is 7.92. The molecule has 2 aromatic heterocycles. The summed E-state index contributed by atoms with van der Waals surface area (Å²) in [6.07, 6.45) is 4.39. The van der Waals surface area contributed by atoms with Crippen LogP contribution in [-0.4, -0.2) is 58.5 Å². The van der Waals surface area contributed by atoms with Crippen LogP contribution in [0.1, 0.15) is 31.6 Å². The molecule has 9 nitrogen and oxygen atoms in total. The molecular formula is C27H36ClN5O4S. The number of pyridine rings is 1. The number of nitrogens with zero attached hydrogens (tertiary/aromatic N) is 4. The van der Waals surface area contributed by atoms with Crippen LogP contribution in [0.5, 0.6) is 0 Å². The van der Waals surface area contributed by atoms with Crippen molar-refractivity contribution < 1.29 is 17.6 Å². The zero-order chi connectivity index (χ0) is 27.7. The van der Waals surface area contributed by atoms with E-state index in [2.05, 4.69) is 21.8 Å². The Morgan fingerprint density at radius 3 is 2.58 bits per heavy atom. The van der Waals surface area contributed by atoms with Gasteiger partial charge in [-0.25, -0.2) is 18.4 Å². The maximum atomic E-state index is 12.5. The maximum Gasteiger partial charge on any atom is 0.233 e. The fourth-order valence-electron chi connectivity index (χ4n) is 4.39. The van der Waals surface area contributed by atoms with E-state index in [1.807, 2.05) is 37.3 Å². The predicted octanol–water partition coefficient (Wildman–Crippen LogP) is 4.31. The minimum Gasteiger partial charge on any atom is -0.439 e. The van der Waals surface area contributed by atoms with E-state index >= 15 is 0 Å². The molecule has 206 valence electrons. The van der Waals surface area contributed by atoms with Crippen molar-refractivity contribution in [2.75, 3.05) is 49.3 Å². The fourth-order valence-corrected chi connectivity index (χ4v) is 5.19. The number of sulfonamides is 1. The minimum absolute atomic E-state index is 0.104. The summed E-state index contributed by atoms with van der Waals surface area (Å²) in [7, 11) is -0.561. The van der Waals surface area contributed by atoms with Gasteiger partial charge in [-0.2, -0.15) is 0 Å². The Hall–Kier alpha value is -2.66. The van der Waals surface area contributed by atoms with Crippen LogP contribution in [-0.2, 0) is 26.7 Å². The molecule has 1 saturated carbocycles. The molecule has 1 aliphatic rings. The van der Waals surface area contributed by atoms with Crippen LogP contribution in [0, 0.1) is 11.8 Å². The summed E-state index contributed by atoms with van der Waals surface area (Å²) < 4.78 is 37.5. The van der Waals surface area contributed by atoms with Crippen LogP contribution >= 0.6 is 11.6 Å². The zero-order valence-electron chi connectivity index (χ0n) is 22.5. The Labute approximate surface area is 230 Å². The average Bonchev–Trinajstić information content (AvgIpc) is 3.33. The van der Waals surface area contributed by atoms with Gasteiger partial charge in [-0.3, -0.25) is 4.31 Å². The molecule has 0 bridgehead atoms. The number of ether oxygens (including phenoxy) is 1. The number of nitrogens with two attached hydrogens (primary N) is 1. The summed E-state index contributed by atoms with van der Waals surface area (Å²) in [4.78, 5) is 11.3. The number of halogens is 1. The van der Waals surface area contributed by atoms with Crippen LogP contribution in [0.4, 0.5) is 11.6 Å². The monoisotopic (exact) mass is 561 g/mol. The molecule has 2 N–H and O–H groups in total. The summed E-state index contributed by atoms with van der Waals surface area (Å²) in [5.74, 6) is 2.58. The SMILES string of the molecule is COCCN(CC1CC1C)c1cc(-c2ncc([C@@](C)(N)Cc3ccccc3)o2)c(Cl)c(N(C)S(C)(=O)=O)n1. The number of hydrogen-bond donors (Lipinski definition) is 1. The van der Waals surface area contributed by atoms with Crippen molar-refractivity contribution in [3.05, 3.63) is 58.9 Å². The fraction of sp³-hybridized carbons (Fsp3) is 0.481. The molecule has 2 unspecified atom stereocenters. The van der Waals surface area contributed by atoms with E-state index in [1.165, 1.54) is 7.05 Å². The summed E-state index contributed by atoms with van der Waals surface area (Å²) in [6, 6.07) is 11.7. The van der Waals surface area contributed by atoms with Crippen LogP contribution in [0.2, 0.25) is 5.02 Å². The second-order valence-corrected chi connectivity index (χ2v) is 12.8. The highest BCUT2D eigenvalue weighted by atomic mass is 35.5. The average molecular weight is 562 g/mol. The number of anilines is 2. The van der Waals surface area contributed by atoms with Gasteiger partial charge in [0.25, 0.3) is 0 Å². The van der Waals surface area contributed by atoms with Gasteiger partial charge in [0.2, 0.25) is 15.9 Å². The Kier molecular flexibility index (Phi) is 8.37. The third-order valence-electron chi connectivity index (χ3n) is 7.06. The smallest absolute Gasteiger partial charge is 0.233 e. The van der Waals surface area contributed by atoms with Gasteiger partial charge < -0.3 is 19.8 Å². The van der Waals surface area contributed by atoms with Crippen molar-refractivity contribution in [1.82, 2.24) is 9.97 Å². The van der Waals surface area contributed by atoms with E-state index in [1.54, 1.807) is 19.4 Å². The van der Waals surface area contributed by atoms with Gasteiger partial charge in [0.05, 0.1) is 35.2 Å².